The quantitative estimate of drug-likeness (QED) is 0.791. The van der Waals surface area contributed by atoms with E-state index in [0.717, 1.165) is 11.3 Å². The standard InChI is InChI=1S/C8H3F3N2O3S/c9-8(10,11)6(15)16-7-12-3-1-2-17-4(3)5(14)13-7/h1-2H,(H,12,13,14). The molecule has 2 rings (SSSR count). The molecule has 0 radical (unpaired) electrons. The van der Waals surface area contributed by atoms with Gasteiger partial charge in [0.05, 0.1) is 5.52 Å². The lowest BCUT2D eigenvalue weighted by atomic mass is 10.5. The fourth-order valence-electron chi connectivity index (χ4n) is 1.05. The number of rotatable bonds is 1. The molecule has 0 saturated carbocycles. The Labute approximate surface area is 94.9 Å². The lowest BCUT2D eigenvalue weighted by Gasteiger charge is -2.05. The zero-order chi connectivity index (χ0) is 12.6. The van der Waals surface area contributed by atoms with E-state index in [9.17, 15) is 22.8 Å². The van der Waals surface area contributed by atoms with Crippen molar-refractivity contribution in [1.82, 2.24) is 9.97 Å². The van der Waals surface area contributed by atoms with Crippen LogP contribution in [0, 0.1) is 0 Å². The molecule has 0 fully saturated rings. The first kappa shape index (κ1) is 11.6. The Kier molecular flexibility index (Phi) is 2.62. The molecule has 2 aromatic rings. The highest BCUT2D eigenvalue weighted by atomic mass is 32.1. The number of hydrogen-bond donors (Lipinski definition) is 1. The van der Waals surface area contributed by atoms with E-state index in [2.05, 4.69) is 9.72 Å². The molecule has 0 aliphatic heterocycles. The number of aromatic nitrogens is 2. The van der Waals surface area contributed by atoms with Crippen LogP contribution >= 0.6 is 11.3 Å². The number of aromatic amines is 1. The fourth-order valence-corrected chi connectivity index (χ4v) is 1.77. The maximum absolute atomic E-state index is 11.9. The summed E-state index contributed by atoms with van der Waals surface area (Å²) in [6.07, 6.45) is -5.14. The normalized spacial score (nSPS) is 11.7. The van der Waals surface area contributed by atoms with Crippen molar-refractivity contribution in [3.63, 3.8) is 0 Å². The highest BCUT2D eigenvalue weighted by Crippen LogP contribution is 2.19. The van der Waals surface area contributed by atoms with Gasteiger partial charge < -0.3 is 4.74 Å². The van der Waals surface area contributed by atoms with E-state index in [0.29, 0.717) is 0 Å². The average Bonchev–Trinajstić information content (AvgIpc) is 2.64. The Morgan fingerprint density at radius 1 is 1.47 bits per heavy atom. The molecule has 1 N–H and O–H groups in total. The Morgan fingerprint density at radius 3 is 2.82 bits per heavy atom. The molecule has 0 bridgehead atoms. The third kappa shape index (κ3) is 2.28. The second-order valence-electron chi connectivity index (χ2n) is 2.89. The van der Waals surface area contributed by atoms with Gasteiger partial charge in [-0.1, -0.05) is 0 Å². The van der Waals surface area contributed by atoms with Gasteiger partial charge in [0, 0.05) is 0 Å². The second-order valence-corrected chi connectivity index (χ2v) is 3.81. The number of fused-ring (bicyclic) bond motifs is 1. The van der Waals surface area contributed by atoms with Gasteiger partial charge in [-0.05, 0) is 11.4 Å². The number of ether oxygens (including phenoxy) is 1. The fraction of sp³-hybridized carbons (Fsp3) is 0.125. The molecule has 0 aliphatic rings. The van der Waals surface area contributed by atoms with Gasteiger partial charge in [-0.2, -0.15) is 18.2 Å². The molecule has 0 saturated heterocycles. The number of alkyl halides is 3. The van der Waals surface area contributed by atoms with Crippen LogP contribution in [-0.4, -0.2) is 22.1 Å². The molecule has 2 aromatic heterocycles. The molecule has 9 heteroatoms. The molecule has 0 aliphatic carbocycles. The van der Waals surface area contributed by atoms with Gasteiger partial charge in [-0.25, -0.2) is 4.79 Å². The van der Waals surface area contributed by atoms with Gasteiger partial charge in [-0.15, -0.1) is 11.3 Å². The molecule has 17 heavy (non-hydrogen) atoms. The number of halogens is 3. The Hall–Kier alpha value is -1.90. The highest BCUT2D eigenvalue weighted by Gasteiger charge is 2.41. The van der Waals surface area contributed by atoms with Crippen LogP contribution in [0.5, 0.6) is 6.01 Å². The van der Waals surface area contributed by atoms with Crippen LogP contribution in [0.1, 0.15) is 0 Å². The molecular formula is C8H3F3N2O3S. The van der Waals surface area contributed by atoms with Crippen LogP contribution in [0.4, 0.5) is 13.2 Å². The maximum Gasteiger partial charge on any atom is 0.491 e. The number of nitrogens with one attached hydrogen (secondary N) is 1. The molecule has 2 heterocycles. The third-order valence-electron chi connectivity index (χ3n) is 1.71. The molecule has 0 aromatic carbocycles. The predicted molar refractivity (Wildman–Crippen MR) is 51.9 cm³/mol. The van der Waals surface area contributed by atoms with E-state index in [4.69, 9.17) is 0 Å². The number of carbonyl (C=O) groups is 1. The van der Waals surface area contributed by atoms with Crippen LogP contribution in [0.3, 0.4) is 0 Å². The Morgan fingerprint density at radius 2 is 2.18 bits per heavy atom. The van der Waals surface area contributed by atoms with Crippen LogP contribution in [0.25, 0.3) is 10.2 Å². The number of H-pyrrole nitrogens is 1. The van der Waals surface area contributed by atoms with Crippen LogP contribution in [-0.2, 0) is 4.79 Å². The first-order valence-electron chi connectivity index (χ1n) is 4.14. The summed E-state index contributed by atoms with van der Waals surface area (Å²) >= 11 is 1.08. The first-order valence-corrected chi connectivity index (χ1v) is 5.02. The maximum atomic E-state index is 11.9. The first-order chi connectivity index (χ1) is 7.88. The van der Waals surface area contributed by atoms with E-state index in [1.54, 1.807) is 5.38 Å². The summed E-state index contributed by atoms with van der Waals surface area (Å²) in [4.78, 5) is 27.3. The van der Waals surface area contributed by atoms with Crippen molar-refractivity contribution in [2.24, 2.45) is 0 Å². The summed E-state index contributed by atoms with van der Waals surface area (Å²) in [7, 11) is 0. The SMILES string of the molecule is O=C(Oc1nc2ccsc2c(=O)[nH]1)C(F)(F)F. The zero-order valence-electron chi connectivity index (χ0n) is 7.87. The van der Waals surface area contributed by atoms with Crippen molar-refractivity contribution in [1.29, 1.82) is 0 Å². The van der Waals surface area contributed by atoms with E-state index in [1.165, 1.54) is 6.07 Å². The van der Waals surface area contributed by atoms with Crippen molar-refractivity contribution >= 4 is 27.5 Å². The predicted octanol–water partition coefficient (Wildman–Crippen LogP) is 1.45. The smallest absolute Gasteiger partial charge is 0.385 e. The number of carbonyl (C=O) groups excluding carboxylic acids is 1. The minimum Gasteiger partial charge on any atom is -0.385 e. The molecule has 0 atom stereocenters. The summed E-state index contributed by atoms with van der Waals surface area (Å²) in [5.41, 5.74) is -0.487. The van der Waals surface area contributed by atoms with E-state index in [-0.39, 0.29) is 10.2 Å². The van der Waals surface area contributed by atoms with E-state index < -0.39 is 23.7 Å². The zero-order valence-corrected chi connectivity index (χ0v) is 8.69. The summed E-state index contributed by atoms with van der Waals surface area (Å²) in [6.45, 7) is 0. The number of esters is 1. The van der Waals surface area contributed by atoms with E-state index in [1.807, 2.05) is 4.98 Å². The molecule has 5 nitrogen and oxygen atoms in total. The molecule has 0 spiro atoms. The largest absolute Gasteiger partial charge is 0.491 e. The summed E-state index contributed by atoms with van der Waals surface area (Å²) in [6, 6.07) is 0.656. The third-order valence-corrected chi connectivity index (χ3v) is 2.62. The van der Waals surface area contributed by atoms with Gasteiger partial charge in [0.25, 0.3) is 5.56 Å². The van der Waals surface area contributed by atoms with Crippen LogP contribution in [0.15, 0.2) is 16.2 Å². The number of hydrogen-bond acceptors (Lipinski definition) is 5. The average molecular weight is 264 g/mol. The minimum absolute atomic E-state index is 0.170. The van der Waals surface area contributed by atoms with Gasteiger partial charge >= 0.3 is 18.2 Å². The van der Waals surface area contributed by atoms with Gasteiger partial charge in [0.2, 0.25) is 0 Å². The lowest BCUT2D eigenvalue weighted by molar-refractivity contribution is -0.190. The van der Waals surface area contributed by atoms with Gasteiger partial charge in [0.1, 0.15) is 4.70 Å². The Balaban J connectivity index is 2.37. The highest BCUT2D eigenvalue weighted by molar-refractivity contribution is 7.17. The van der Waals surface area contributed by atoms with Gasteiger partial charge in [0.15, 0.2) is 0 Å². The van der Waals surface area contributed by atoms with E-state index >= 15 is 0 Å². The monoisotopic (exact) mass is 264 g/mol. The van der Waals surface area contributed by atoms with Crippen molar-refractivity contribution < 1.29 is 22.7 Å². The van der Waals surface area contributed by atoms with Crippen LogP contribution in [0.2, 0.25) is 0 Å². The van der Waals surface area contributed by atoms with Crippen molar-refractivity contribution in [2.75, 3.05) is 0 Å². The number of thiophene rings is 1. The van der Waals surface area contributed by atoms with Crippen molar-refractivity contribution in [3.8, 4) is 6.01 Å². The minimum atomic E-state index is -5.14. The van der Waals surface area contributed by atoms with Gasteiger partial charge in [-0.3, -0.25) is 9.78 Å². The van der Waals surface area contributed by atoms with Crippen molar-refractivity contribution in [2.45, 2.75) is 6.18 Å². The topological polar surface area (TPSA) is 72.0 Å². The molecule has 0 amide bonds. The van der Waals surface area contributed by atoms with Crippen molar-refractivity contribution in [3.05, 3.63) is 21.8 Å². The summed E-state index contributed by atoms with van der Waals surface area (Å²) in [5, 5.41) is 1.54. The molecule has 0 unspecified atom stereocenters. The Bertz CT molecular complexity index is 631. The second kappa shape index (κ2) is 3.84. The van der Waals surface area contributed by atoms with Crippen LogP contribution < -0.4 is 10.3 Å². The molecular weight excluding hydrogens is 261 g/mol. The lowest BCUT2D eigenvalue weighted by Crippen LogP contribution is -2.29. The summed E-state index contributed by atoms with van der Waals surface area (Å²) in [5.74, 6) is -2.43. The number of nitrogens with zero attached hydrogens (tertiary/aromatic N) is 1. The summed E-state index contributed by atoms with van der Waals surface area (Å²) < 4.78 is 39.8. The molecule has 90 valence electrons.